The summed E-state index contributed by atoms with van der Waals surface area (Å²) in [7, 11) is 0. The van der Waals surface area contributed by atoms with Crippen molar-refractivity contribution in [3.63, 3.8) is 0 Å². The van der Waals surface area contributed by atoms with E-state index < -0.39 is 11.8 Å². The van der Waals surface area contributed by atoms with Crippen LogP contribution in [0.4, 0.5) is 4.39 Å². The zero-order valence-corrected chi connectivity index (χ0v) is 11.5. The van der Waals surface area contributed by atoms with Gasteiger partial charge in [0.25, 0.3) is 0 Å². The lowest BCUT2D eigenvalue weighted by molar-refractivity contribution is -0.120. The number of hydrogen-bond acceptors (Lipinski definition) is 2. The highest BCUT2D eigenvalue weighted by Crippen LogP contribution is 2.18. The average molecular weight is 296 g/mol. The first-order valence-electron chi connectivity index (χ1n) is 5.89. The number of carbonyl (C=O) groups is 1. The Labute approximate surface area is 123 Å². The van der Waals surface area contributed by atoms with Gasteiger partial charge in [-0.05, 0) is 29.8 Å². The number of halogens is 2. The molecule has 0 bridgehead atoms. The molecule has 0 saturated carbocycles. The fraction of sp³-hybridized carbons (Fsp3) is 0.133. The molecule has 1 atom stereocenters. The van der Waals surface area contributed by atoms with Crippen LogP contribution in [0.1, 0.15) is 11.5 Å². The second kappa shape index (κ2) is 7.50. The summed E-state index contributed by atoms with van der Waals surface area (Å²) in [5.74, 6) is -0.801. The molecule has 2 N–H and O–H groups in total. The van der Waals surface area contributed by atoms with E-state index in [-0.39, 0.29) is 24.8 Å². The monoisotopic (exact) mass is 295 g/mol. The van der Waals surface area contributed by atoms with E-state index in [4.69, 9.17) is 10.5 Å². The largest absolute Gasteiger partial charge is 0.492 e. The minimum Gasteiger partial charge on any atom is -0.492 e. The zero-order chi connectivity index (χ0) is 13.7. The molecule has 0 aromatic heterocycles. The first-order chi connectivity index (χ1) is 9.16. The van der Waals surface area contributed by atoms with Crippen LogP contribution in [0, 0.1) is 5.82 Å². The Balaban J connectivity index is 0.00000200. The third-order valence-corrected chi connectivity index (χ3v) is 2.78. The van der Waals surface area contributed by atoms with Crippen LogP contribution in [0.3, 0.4) is 0 Å². The highest BCUT2D eigenvalue weighted by atomic mass is 35.5. The SMILES string of the molecule is Cl.NC(=O)C(COc1ccc(F)cc1)c1ccccc1. The van der Waals surface area contributed by atoms with Crippen molar-refractivity contribution < 1.29 is 13.9 Å². The Hall–Kier alpha value is -2.07. The molecule has 2 aromatic carbocycles. The average Bonchev–Trinajstić information content (AvgIpc) is 2.42. The molecule has 2 rings (SSSR count). The van der Waals surface area contributed by atoms with Gasteiger partial charge in [-0.2, -0.15) is 0 Å². The molecule has 0 saturated heterocycles. The molecule has 1 amide bonds. The van der Waals surface area contributed by atoms with Crippen LogP contribution in [0.5, 0.6) is 5.75 Å². The molecule has 3 nitrogen and oxygen atoms in total. The van der Waals surface area contributed by atoms with Crippen molar-refractivity contribution in [3.05, 3.63) is 66.0 Å². The number of benzene rings is 2. The highest BCUT2D eigenvalue weighted by molar-refractivity contribution is 5.85. The lowest BCUT2D eigenvalue weighted by Gasteiger charge is -2.15. The summed E-state index contributed by atoms with van der Waals surface area (Å²) in [4.78, 5) is 11.5. The predicted molar refractivity (Wildman–Crippen MR) is 77.5 cm³/mol. The van der Waals surface area contributed by atoms with Gasteiger partial charge in [-0.1, -0.05) is 30.3 Å². The lowest BCUT2D eigenvalue weighted by Crippen LogP contribution is -2.26. The lowest BCUT2D eigenvalue weighted by atomic mass is 10.00. The van der Waals surface area contributed by atoms with Gasteiger partial charge in [0.05, 0.1) is 5.92 Å². The van der Waals surface area contributed by atoms with Gasteiger partial charge in [-0.15, -0.1) is 12.4 Å². The van der Waals surface area contributed by atoms with Crippen molar-refractivity contribution in [2.24, 2.45) is 5.73 Å². The summed E-state index contributed by atoms with van der Waals surface area (Å²) in [5, 5.41) is 0. The first-order valence-corrected chi connectivity index (χ1v) is 5.89. The molecular formula is C15H15ClFNO2. The van der Waals surface area contributed by atoms with E-state index in [2.05, 4.69) is 0 Å². The van der Waals surface area contributed by atoms with Crippen molar-refractivity contribution >= 4 is 18.3 Å². The van der Waals surface area contributed by atoms with Crippen LogP contribution < -0.4 is 10.5 Å². The Bertz CT molecular complexity index is 546. The van der Waals surface area contributed by atoms with Crippen LogP contribution >= 0.6 is 12.4 Å². The molecule has 0 spiro atoms. The van der Waals surface area contributed by atoms with Crippen molar-refractivity contribution in [3.8, 4) is 5.75 Å². The second-order valence-corrected chi connectivity index (χ2v) is 4.13. The predicted octanol–water partition coefficient (Wildman–Crippen LogP) is 2.90. The van der Waals surface area contributed by atoms with Gasteiger partial charge in [0.1, 0.15) is 18.2 Å². The van der Waals surface area contributed by atoms with Crippen LogP contribution in [-0.2, 0) is 4.79 Å². The molecule has 106 valence electrons. The van der Waals surface area contributed by atoms with E-state index in [1.165, 1.54) is 24.3 Å². The van der Waals surface area contributed by atoms with Gasteiger partial charge in [0.15, 0.2) is 0 Å². The van der Waals surface area contributed by atoms with E-state index in [1.54, 1.807) is 0 Å². The number of nitrogens with two attached hydrogens (primary N) is 1. The van der Waals surface area contributed by atoms with Gasteiger partial charge in [0.2, 0.25) is 5.91 Å². The quantitative estimate of drug-likeness (QED) is 0.922. The standard InChI is InChI=1S/C15H14FNO2.ClH/c16-12-6-8-13(9-7-12)19-10-14(15(17)18)11-4-2-1-3-5-11;/h1-9,14H,10H2,(H2,17,18);1H. The normalized spacial score (nSPS) is 11.2. The van der Waals surface area contributed by atoms with Gasteiger partial charge >= 0.3 is 0 Å². The van der Waals surface area contributed by atoms with Crippen LogP contribution in [-0.4, -0.2) is 12.5 Å². The molecule has 2 aromatic rings. The maximum atomic E-state index is 12.7. The summed E-state index contributed by atoms with van der Waals surface area (Å²) in [6.07, 6.45) is 0. The van der Waals surface area contributed by atoms with Crippen molar-refractivity contribution in [1.82, 2.24) is 0 Å². The summed E-state index contributed by atoms with van der Waals surface area (Å²) < 4.78 is 18.2. The number of hydrogen-bond donors (Lipinski definition) is 1. The van der Waals surface area contributed by atoms with Crippen molar-refractivity contribution in [2.75, 3.05) is 6.61 Å². The van der Waals surface area contributed by atoms with Crippen molar-refractivity contribution in [1.29, 1.82) is 0 Å². The molecule has 1 unspecified atom stereocenters. The molecule has 20 heavy (non-hydrogen) atoms. The van der Waals surface area contributed by atoms with Gasteiger partial charge in [0, 0.05) is 0 Å². The number of primary amides is 1. The zero-order valence-electron chi connectivity index (χ0n) is 10.7. The third-order valence-electron chi connectivity index (χ3n) is 2.78. The van der Waals surface area contributed by atoms with E-state index >= 15 is 0 Å². The van der Waals surface area contributed by atoms with Gasteiger partial charge in [-0.3, -0.25) is 4.79 Å². The minimum atomic E-state index is -0.522. The number of carbonyl (C=O) groups excluding carboxylic acids is 1. The third kappa shape index (κ3) is 4.24. The van der Waals surface area contributed by atoms with E-state index in [0.717, 1.165) is 5.56 Å². The Morgan fingerprint density at radius 1 is 1.10 bits per heavy atom. The maximum Gasteiger partial charge on any atom is 0.228 e. The summed E-state index contributed by atoms with van der Waals surface area (Å²) >= 11 is 0. The summed E-state index contributed by atoms with van der Waals surface area (Å²) in [5.41, 5.74) is 6.18. The first kappa shape index (κ1) is 16.0. The Morgan fingerprint density at radius 2 is 1.70 bits per heavy atom. The topological polar surface area (TPSA) is 52.3 Å². The number of amides is 1. The fourth-order valence-electron chi connectivity index (χ4n) is 1.74. The smallest absolute Gasteiger partial charge is 0.228 e. The molecule has 0 radical (unpaired) electrons. The number of rotatable bonds is 5. The van der Waals surface area contributed by atoms with E-state index in [0.29, 0.717) is 5.75 Å². The van der Waals surface area contributed by atoms with Crippen LogP contribution in [0.2, 0.25) is 0 Å². The Morgan fingerprint density at radius 3 is 2.25 bits per heavy atom. The summed E-state index contributed by atoms with van der Waals surface area (Å²) in [6.45, 7) is 0.130. The minimum absolute atomic E-state index is 0. The second-order valence-electron chi connectivity index (χ2n) is 4.13. The summed E-state index contributed by atoms with van der Waals surface area (Å²) in [6, 6.07) is 14.8. The fourth-order valence-corrected chi connectivity index (χ4v) is 1.74. The highest BCUT2D eigenvalue weighted by Gasteiger charge is 2.18. The molecule has 5 heteroatoms. The maximum absolute atomic E-state index is 12.7. The molecule has 0 aliphatic carbocycles. The molecule has 0 heterocycles. The number of ether oxygens (including phenoxy) is 1. The molecular weight excluding hydrogens is 281 g/mol. The van der Waals surface area contributed by atoms with Crippen LogP contribution in [0.15, 0.2) is 54.6 Å². The van der Waals surface area contributed by atoms with Gasteiger partial charge < -0.3 is 10.5 Å². The van der Waals surface area contributed by atoms with Crippen molar-refractivity contribution in [2.45, 2.75) is 5.92 Å². The molecule has 0 fully saturated rings. The van der Waals surface area contributed by atoms with E-state index in [1.807, 2.05) is 30.3 Å². The van der Waals surface area contributed by atoms with Crippen LogP contribution in [0.25, 0.3) is 0 Å². The van der Waals surface area contributed by atoms with E-state index in [9.17, 15) is 9.18 Å². The molecule has 0 aliphatic rings. The Kier molecular flexibility index (Phi) is 6.00. The molecule has 0 aliphatic heterocycles. The van der Waals surface area contributed by atoms with Gasteiger partial charge in [-0.25, -0.2) is 4.39 Å².